The molecule has 3 rings (SSSR count). The topological polar surface area (TPSA) is 70.9 Å². The van der Waals surface area contributed by atoms with Crippen molar-refractivity contribution < 1.29 is 9.21 Å². The van der Waals surface area contributed by atoms with Gasteiger partial charge in [0, 0.05) is 10.9 Å². The molecule has 3 aromatic heterocycles. The van der Waals surface area contributed by atoms with Gasteiger partial charge in [0.05, 0.1) is 10.3 Å². The smallest absolute Gasteiger partial charge is 0.272 e. The largest absolute Gasteiger partial charge is 0.460 e. The van der Waals surface area contributed by atoms with E-state index in [9.17, 15) is 4.79 Å². The van der Waals surface area contributed by atoms with Gasteiger partial charge in [0.25, 0.3) is 5.91 Å². The molecule has 3 heterocycles. The van der Waals surface area contributed by atoms with Gasteiger partial charge in [-0.05, 0) is 47.1 Å². The van der Waals surface area contributed by atoms with E-state index in [0.717, 1.165) is 14.4 Å². The summed E-state index contributed by atoms with van der Waals surface area (Å²) < 4.78 is 6.53. The number of aromatic amines is 1. The van der Waals surface area contributed by atoms with Gasteiger partial charge in [0.1, 0.15) is 11.5 Å². The molecule has 5 nitrogen and oxygen atoms in total. The highest BCUT2D eigenvalue weighted by atomic mass is 79.9. The molecule has 7 heteroatoms. The van der Waals surface area contributed by atoms with Crippen LogP contribution in [0.1, 0.15) is 21.1 Å². The SMILES string of the molecule is Cc1ccc(-c2cc(C(=O)NCc3ccc(Br)s3)n[nH]2)o1. The molecule has 0 bridgehead atoms. The zero-order chi connectivity index (χ0) is 14.8. The molecule has 0 aliphatic rings. The molecular weight excluding hydrogens is 354 g/mol. The summed E-state index contributed by atoms with van der Waals surface area (Å²) in [6.07, 6.45) is 0. The maximum Gasteiger partial charge on any atom is 0.272 e. The standard InChI is InChI=1S/C14H12BrN3O2S/c1-8-2-4-12(20-8)10-6-11(18-17-10)14(19)16-7-9-3-5-13(15)21-9/h2-6H,7H2,1H3,(H,16,19)(H,17,18). The number of amides is 1. The molecule has 0 atom stereocenters. The Balaban J connectivity index is 1.66. The average molecular weight is 366 g/mol. The number of rotatable bonds is 4. The number of thiophene rings is 1. The fourth-order valence-corrected chi connectivity index (χ4v) is 3.27. The van der Waals surface area contributed by atoms with Crippen LogP contribution in [0.5, 0.6) is 0 Å². The van der Waals surface area contributed by atoms with Crippen molar-refractivity contribution >= 4 is 33.2 Å². The average Bonchev–Trinajstić information content (AvgIpc) is 3.16. The van der Waals surface area contributed by atoms with Gasteiger partial charge in [-0.15, -0.1) is 11.3 Å². The summed E-state index contributed by atoms with van der Waals surface area (Å²) in [7, 11) is 0. The van der Waals surface area contributed by atoms with Gasteiger partial charge in [-0.2, -0.15) is 5.10 Å². The minimum atomic E-state index is -0.217. The fraction of sp³-hybridized carbons (Fsp3) is 0.143. The molecule has 1 amide bonds. The number of nitrogens with one attached hydrogen (secondary N) is 2. The zero-order valence-corrected chi connectivity index (χ0v) is 13.5. The Morgan fingerprint density at radius 3 is 2.95 bits per heavy atom. The van der Waals surface area contributed by atoms with Crippen LogP contribution < -0.4 is 5.32 Å². The van der Waals surface area contributed by atoms with E-state index in [-0.39, 0.29) is 5.91 Å². The van der Waals surface area contributed by atoms with Crippen LogP contribution in [0.2, 0.25) is 0 Å². The first-order valence-electron chi connectivity index (χ1n) is 6.26. The molecule has 0 spiro atoms. The van der Waals surface area contributed by atoms with Gasteiger partial charge >= 0.3 is 0 Å². The molecule has 0 unspecified atom stereocenters. The van der Waals surface area contributed by atoms with Crippen molar-refractivity contribution in [3.05, 3.63) is 50.4 Å². The number of furan rings is 1. The molecule has 108 valence electrons. The minimum absolute atomic E-state index is 0.217. The molecule has 0 aliphatic heterocycles. The van der Waals surface area contributed by atoms with E-state index in [1.165, 1.54) is 0 Å². The summed E-state index contributed by atoms with van der Waals surface area (Å²) >= 11 is 4.98. The normalized spacial score (nSPS) is 10.8. The number of hydrogen-bond acceptors (Lipinski definition) is 4. The van der Waals surface area contributed by atoms with Crippen molar-refractivity contribution in [3.63, 3.8) is 0 Å². The van der Waals surface area contributed by atoms with Crippen LogP contribution in [0.3, 0.4) is 0 Å². The summed E-state index contributed by atoms with van der Waals surface area (Å²) in [6, 6.07) is 9.31. The third-order valence-corrected chi connectivity index (χ3v) is 4.49. The summed E-state index contributed by atoms with van der Waals surface area (Å²) in [5.41, 5.74) is 1.03. The molecule has 0 radical (unpaired) electrons. The third-order valence-electron chi connectivity index (χ3n) is 2.87. The van der Waals surface area contributed by atoms with Crippen molar-refractivity contribution in [2.24, 2.45) is 0 Å². The van der Waals surface area contributed by atoms with Gasteiger partial charge < -0.3 is 9.73 Å². The van der Waals surface area contributed by atoms with Crippen molar-refractivity contribution in [2.75, 3.05) is 0 Å². The quantitative estimate of drug-likeness (QED) is 0.739. The Morgan fingerprint density at radius 1 is 1.43 bits per heavy atom. The first-order valence-corrected chi connectivity index (χ1v) is 7.87. The number of nitrogens with zero attached hydrogens (tertiary/aromatic N) is 1. The van der Waals surface area contributed by atoms with Crippen LogP contribution in [0, 0.1) is 6.92 Å². The van der Waals surface area contributed by atoms with Crippen LogP contribution in [-0.2, 0) is 6.54 Å². The van der Waals surface area contributed by atoms with Gasteiger partial charge in [0.2, 0.25) is 0 Å². The maximum atomic E-state index is 12.0. The fourth-order valence-electron chi connectivity index (χ4n) is 1.85. The van der Waals surface area contributed by atoms with E-state index in [2.05, 4.69) is 31.4 Å². The Bertz CT molecular complexity index is 775. The summed E-state index contributed by atoms with van der Waals surface area (Å²) in [4.78, 5) is 13.1. The Hall–Kier alpha value is -1.86. The molecule has 0 aromatic carbocycles. The number of hydrogen-bond donors (Lipinski definition) is 2. The van der Waals surface area contributed by atoms with Crippen molar-refractivity contribution in [1.82, 2.24) is 15.5 Å². The summed E-state index contributed by atoms with van der Waals surface area (Å²) in [5.74, 6) is 1.26. The molecule has 21 heavy (non-hydrogen) atoms. The lowest BCUT2D eigenvalue weighted by Gasteiger charge is -1.99. The van der Waals surface area contributed by atoms with Gasteiger partial charge in [-0.1, -0.05) is 0 Å². The molecule has 0 saturated heterocycles. The first-order chi connectivity index (χ1) is 10.1. The molecular formula is C14H12BrN3O2S. The number of carbonyl (C=O) groups excluding carboxylic acids is 1. The van der Waals surface area contributed by atoms with E-state index in [4.69, 9.17) is 4.42 Å². The highest BCUT2D eigenvalue weighted by Gasteiger charge is 2.13. The summed E-state index contributed by atoms with van der Waals surface area (Å²) in [5, 5.41) is 9.66. The number of aromatic nitrogens is 2. The van der Waals surface area contributed by atoms with Gasteiger partial charge in [-0.3, -0.25) is 9.89 Å². The van der Waals surface area contributed by atoms with Crippen LogP contribution >= 0.6 is 27.3 Å². The van der Waals surface area contributed by atoms with Gasteiger partial charge in [0.15, 0.2) is 11.5 Å². The van der Waals surface area contributed by atoms with Crippen LogP contribution in [0.4, 0.5) is 0 Å². The second-order valence-electron chi connectivity index (χ2n) is 4.47. The second-order valence-corrected chi connectivity index (χ2v) is 7.01. The lowest BCUT2D eigenvalue weighted by atomic mass is 10.3. The number of H-pyrrole nitrogens is 1. The number of carbonyl (C=O) groups is 1. The number of aryl methyl sites for hydroxylation is 1. The van der Waals surface area contributed by atoms with Crippen LogP contribution in [-0.4, -0.2) is 16.1 Å². The highest BCUT2D eigenvalue weighted by Crippen LogP contribution is 2.22. The first kappa shape index (κ1) is 14.1. The van der Waals surface area contributed by atoms with Gasteiger partial charge in [-0.25, -0.2) is 0 Å². The zero-order valence-electron chi connectivity index (χ0n) is 11.1. The predicted molar refractivity (Wildman–Crippen MR) is 84.2 cm³/mol. The molecule has 3 aromatic rings. The minimum Gasteiger partial charge on any atom is -0.460 e. The number of halogens is 1. The Kier molecular flexibility index (Phi) is 3.94. The second kappa shape index (κ2) is 5.87. The van der Waals surface area contributed by atoms with Crippen molar-refractivity contribution in [1.29, 1.82) is 0 Å². The lowest BCUT2D eigenvalue weighted by molar-refractivity contribution is 0.0946. The Morgan fingerprint density at radius 2 is 2.29 bits per heavy atom. The molecule has 2 N–H and O–H groups in total. The van der Waals surface area contributed by atoms with Crippen LogP contribution in [0.25, 0.3) is 11.5 Å². The monoisotopic (exact) mass is 365 g/mol. The third kappa shape index (κ3) is 3.25. The Labute approximate surface area is 133 Å². The van der Waals surface area contributed by atoms with E-state index in [1.807, 2.05) is 31.2 Å². The lowest BCUT2D eigenvalue weighted by Crippen LogP contribution is -2.22. The maximum absolute atomic E-state index is 12.0. The van der Waals surface area contributed by atoms with Crippen LogP contribution in [0.15, 0.2) is 38.5 Å². The molecule has 0 saturated carbocycles. The van der Waals surface area contributed by atoms with E-state index in [0.29, 0.717) is 23.7 Å². The predicted octanol–water partition coefficient (Wildman–Crippen LogP) is 3.73. The molecule has 0 aliphatic carbocycles. The van der Waals surface area contributed by atoms with Crippen molar-refractivity contribution in [2.45, 2.75) is 13.5 Å². The van der Waals surface area contributed by atoms with E-state index in [1.54, 1.807) is 17.4 Å². The van der Waals surface area contributed by atoms with E-state index >= 15 is 0 Å². The highest BCUT2D eigenvalue weighted by molar-refractivity contribution is 9.11. The summed E-state index contributed by atoms with van der Waals surface area (Å²) in [6.45, 7) is 2.35. The van der Waals surface area contributed by atoms with E-state index < -0.39 is 0 Å². The molecule has 0 fully saturated rings. The van der Waals surface area contributed by atoms with Crippen molar-refractivity contribution in [3.8, 4) is 11.5 Å².